The molecule has 1 aliphatic rings. The summed E-state index contributed by atoms with van der Waals surface area (Å²) in [7, 11) is 4.68. The zero-order chi connectivity index (χ0) is 15.2. The third kappa shape index (κ3) is 3.78. The third-order valence-corrected chi connectivity index (χ3v) is 3.51. The Balaban J connectivity index is 2.09. The minimum atomic E-state index is -0.00188. The van der Waals surface area contributed by atoms with Gasteiger partial charge in [0, 0.05) is 12.6 Å². The van der Waals surface area contributed by atoms with Gasteiger partial charge in [-0.05, 0) is 30.7 Å². The molecular formula is C15H22N2O4. The average Bonchev–Trinajstić information content (AvgIpc) is 2.98. The number of carbonyl (C=O) groups is 1. The molecule has 1 saturated heterocycles. The van der Waals surface area contributed by atoms with E-state index in [4.69, 9.17) is 14.2 Å². The van der Waals surface area contributed by atoms with Gasteiger partial charge in [-0.3, -0.25) is 4.79 Å². The fourth-order valence-electron chi connectivity index (χ4n) is 2.48. The highest BCUT2D eigenvalue weighted by molar-refractivity contribution is 5.79. The van der Waals surface area contributed by atoms with Gasteiger partial charge in [-0.1, -0.05) is 0 Å². The zero-order valence-corrected chi connectivity index (χ0v) is 12.7. The van der Waals surface area contributed by atoms with Crippen molar-refractivity contribution < 1.29 is 19.0 Å². The molecule has 0 aromatic heterocycles. The Bertz CT molecular complexity index is 473. The van der Waals surface area contributed by atoms with E-state index in [1.807, 2.05) is 0 Å². The molecule has 0 bridgehead atoms. The van der Waals surface area contributed by atoms with E-state index in [1.165, 1.54) is 0 Å². The molecule has 6 nitrogen and oxygen atoms in total. The molecule has 1 amide bonds. The van der Waals surface area contributed by atoms with Crippen LogP contribution in [0.5, 0.6) is 17.2 Å². The van der Waals surface area contributed by atoms with Crippen molar-refractivity contribution in [2.75, 3.05) is 34.4 Å². The van der Waals surface area contributed by atoms with Crippen molar-refractivity contribution in [2.45, 2.75) is 18.9 Å². The van der Waals surface area contributed by atoms with Gasteiger partial charge >= 0.3 is 0 Å². The van der Waals surface area contributed by atoms with Gasteiger partial charge < -0.3 is 24.8 Å². The molecule has 1 aliphatic heterocycles. The molecule has 1 aromatic rings. The third-order valence-electron chi connectivity index (χ3n) is 3.51. The van der Waals surface area contributed by atoms with Gasteiger partial charge in [0.15, 0.2) is 11.5 Å². The average molecular weight is 294 g/mol. The summed E-state index contributed by atoms with van der Waals surface area (Å²) < 4.78 is 15.8. The number of hydrogen-bond acceptors (Lipinski definition) is 5. The lowest BCUT2D eigenvalue weighted by Crippen LogP contribution is -2.37. The van der Waals surface area contributed by atoms with Gasteiger partial charge in [0.1, 0.15) is 0 Å². The van der Waals surface area contributed by atoms with Crippen molar-refractivity contribution in [1.29, 1.82) is 0 Å². The van der Waals surface area contributed by atoms with E-state index in [1.54, 1.807) is 33.5 Å². The van der Waals surface area contributed by atoms with E-state index in [9.17, 15) is 4.79 Å². The largest absolute Gasteiger partial charge is 0.493 e. The van der Waals surface area contributed by atoms with Crippen molar-refractivity contribution >= 4 is 5.91 Å². The van der Waals surface area contributed by atoms with Gasteiger partial charge in [0.05, 0.1) is 27.8 Å². The quantitative estimate of drug-likeness (QED) is 0.809. The molecule has 2 rings (SSSR count). The van der Waals surface area contributed by atoms with Crippen LogP contribution in [0.2, 0.25) is 0 Å². The van der Waals surface area contributed by atoms with Gasteiger partial charge in [-0.15, -0.1) is 0 Å². The van der Waals surface area contributed by atoms with Crippen LogP contribution in [0.15, 0.2) is 12.1 Å². The molecule has 1 unspecified atom stereocenters. The van der Waals surface area contributed by atoms with Crippen LogP contribution in [0.3, 0.4) is 0 Å². The van der Waals surface area contributed by atoms with Gasteiger partial charge in [0.25, 0.3) is 0 Å². The summed E-state index contributed by atoms with van der Waals surface area (Å²) in [5, 5.41) is 6.24. The summed E-state index contributed by atoms with van der Waals surface area (Å²) in [6.45, 7) is 1.79. The maximum atomic E-state index is 12.1. The minimum absolute atomic E-state index is 0.00188. The highest BCUT2D eigenvalue weighted by Crippen LogP contribution is 2.38. The molecule has 1 aromatic carbocycles. The lowest BCUT2D eigenvalue weighted by atomic mass is 10.1. The van der Waals surface area contributed by atoms with E-state index in [-0.39, 0.29) is 18.4 Å². The Morgan fingerprint density at radius 3 is 2.38 bits per heavy atom. The summed E-state index contributed by atoms with van der Waals surface area (Å²) in [4.78, 5) is 12.1. The van der Waals surface area contributed by atoms with Gasteiger partial charge in [-0.2, -0.15) is 0 Å². The zero-order valence-electron chi connectivity index (χ0n) is 12.7. The maximum Gasteiger partial charge on any atom is 0.224 e. The Hall–Kier alpha value is -1.95. The molecule has 2 N–H and O–H groups in total. The molecule has 1 heterocycles. The second-order valence-corrected chi connectivity index (χ2v) is 4.97. The molecule has 0 spiro atoms. The van der Waals surface area contributed by atoms with Crippen molar-refractivity contribution in [3.05, 3.63) is 17.7 Å². The fraction of sp³-hybridized carbons (Fsp3) is 0.533. The molecule has 21 heavy (non-hydrogen) atoms. The summed E-state index contributed by atoms with van der Waals surface area (Å²) in [6, 6.07) is 3.82. The second-order valence-electron chi connectivity index (χ2n) is 4.97. The smallest absolute Gasteiger partial charge is 0.224 e. The summed E-state index contributed by atoms with van der Waals surface area (Å²) >= 11 is 0. The molecule has 1 fully saturated rings. The van der Waals surface area contributed by atoms with Crippen LogP contribution in [-0.2, 0) is 11.2 Å². The van der Waals surface area contributed by atoms with Crippen molar-refractivity contribution in [3.63, 3.8) is 0 Å². The van der Waals surface area contributed by atoms with E-state index in [0.29, 0.717) is 17.2 Å². The number of hydrogen-bond donors (Lipinski definition) is 2. The van der Waals surface area contributed by atoms with E-state index in [2.05, 4.69) is 10.6 Å². The molecule has 116 valence electrons. The highest BCUT2D eigenvalue weighted by Gasteiger charge is 2.18. The van der Waals surface area contributed by atoms with Crippen molar-refractivity contribution in [2.24, 2.45) is 0 Å². The maximum absolute atomic E-state index is 12.1. The van der Waals surface area contributed by atoms with Gasteiger partial charge in [-0.25, -0.2) is 0 Å². The number of carbonyl (C=O) groups excluding carboxylic acids is 1. The van der Waals surface area contributed by atoms with Crippen LogP contribution in [0.4, 0.5) is 0 Å². The van der Waals surface area contributed by atoms with Crippen LogP contribution in [0.1, 0.15) is 12.0 Å². The van der Waals surface area contributed by atoms with Crippen molar-refractivity contribution in [1.82, 2.24) is 10.6 Å². The first-order valence-corrected chi connectivity index (χ1v) is 6.97. The number of amides is 1. The lowest BCUT2D eigenvalue weighted by Gasteiger charge is -2.15. The number of methoxy groups -OCH3 is 3. The Morgan fingerprint density at radius 1 is 1.24 bits per heavy atom. The molecule has 1 atom stereocenters. The fourth-order valence-corrected chi connectivity index (χ4v) is 2.48. The van der Waals surface area contributed by atoms with Crippen LogP contribution in [0, 0.1) is 0 Å². The van der Waals surface area contributed by atoms with E-state index < -0.39 is 0 Å². The van der Waals surface area contributed by atoms with Gasteiger partial charge in [0.2, 0.25) is 11.7 Å². The van der Waals surface area contributed by atoms with Crippen LogP contribution < -0.4 is 24.8 Å². The summed E-state index contributed by atoms with van der Waals surface area (Å²) in [5.41, 5.74) is 0.827. The van der Waals surface area contributed by atoms with E-state index >= 15 is 0 Å². The summed E-state index contributed by atoms with van der Waals surface area (Å²) in [6.07, 6.45) is 1.26. The monoisotopic (exact) mass is 294 g/mol. The Morgan fingerprint density at radius 2 is 1.90 bits per heavy atom. The number of ether oxygens (including phenoxy) is 3. The lowest BCUT2D eigenvalue weighted by molar-refractivity contribution is -0.121. The predicted molar refractivity (Wildman–Crippen MR) is 79.2 cm³/mol. The first kappa shape index (κ1) is 15.4. The molecule has 0 aliphatic carbocycles. The molecule has 0 radical (unpaired) electrons. The number of nitrogens with one attached hydrogen (secondary N) is 2. The Kier molecular flexibility index (Phi) is 5.27. The first-order valence-electron chi connectivity index (χ1n) is 6.97. The van der Waals surface area contributed by atoms with E-state index in [0.717, 1.165) is 25.1 Å². The van der Waals surface area contributed by atoms with Crippen LogP contribution in [-0.4, -0.2) is 46.4 Å². The van der Waals surface area contributed by atoms with Crippen molar-refractivity contribution in [3.8, 4) is 17.2 Å². The normalized spacial score (nSPS) is 17.4. The first-order chi connectivity index (χ1) is 10.2. The van der Waals surface area contributed by atoms with Crippen LogP contribution in [0.25, 0.3) is 0 Å². The topological polar surface area (TPSA) is 68.8 Å². The minimum Gasteiger partial charge on any atom is -0.493 e. The SMILES string of the molecule is COc1cc(CC(=O)NC2CCNC2)cc(OC)c1OC. The molecular weight excluding hydrogens is 272 g/mol. The predicted octanol–water partition coefficient (Wildman–Crippen LogP) is 0.733. The van der Waals surface area contributed by atoms with Crippen LogP contribution >= 0.6 is 0 Å². The summed E-state index contributed by atoms with van der Waals surface area (Å²) in [5.74, 6) is 1.64. The number of benzene rings is 1. The standard InChI is InChI=1S/C15H22N2O4/c1-19-12-6-10(7-13(20-2)15(12)21-3)8-14(18)17-11-4-5-16-9-11/h6-7,11,16H,4-5,8-9H2,1-3H3,(H,17,18). The molecule has 6 heteroatoms. The Labute approximate surface area is 124 Å². The molecule has 0 saturated carbocycles. The number of rotatable bonds is 6. The second kappa shape index (κ2) is 7.17. The highest BCUT2D eigenvalue weighted by atomic mass is 16.5.